The Kier molecular flexibility index (Phi) is 23.8. The summed E-state index contributed by atoms with van der Waals surface area (Å²) in [6.45, 7) is 0. The molecule has 5 aromatic heterocycles. The second kappa shape index (κ2) is 39.1. The van der Waals surface area contributed by atoms with Gasteiger partial charge in [-0.3, -0.25) is 0 Å². The first-order valence-corrected chi connectivity index (χ1v) is 53.5. The van der Waals surface area contributed by atoms with Crippen molar-refractivity contribution in [1.82, 2.24) is 44.9 Å². The molecule has 688 valence electrons. The van der Waals surface area contributed by atoms with Crippen LogP contribution in [0.1, 0.15) is 0 Å². The number of aromatic nitrogens is 9. The van der Waals surface area contributed by atoms with E-state index in [9.17, 15) is 0 Å². The van der Waals surface area contributed by atoms with E-state index < -0.39 is 0 Å². The SMILES string of the molecule is [SeH]c1c(-c2cccc(-c3ccccc3)c2)cccc1-c1ccc2ccc(-c3nc(-c4ccccc4)nc(-c4ccccc4)n3)cc2c1.c1ccc(-c2nc(-c3ccccc3)nc(-c3ccc4cc(-c5cccc6c5[se]c5c(-c7ccccc7)cccc56)c5ccccc5c4c3)n2)cc1.c1ccc2cc(-c3nc(-c4ccc5ccccc5c4)nc(-c4ccc(-c5cccc6c5[se]c5ccccc56)c5ccccc45)n3)ccc2c1. The van der Waals surface area contributed by atoms with Gasteiger partial charge in [0.05, 0.1) is 0 Å². The van der Waals surface area contributed by atoms with Crippen molar-refractivity contribution < 1.29 is 0 Å². The zero-order valence-electron chi connectivity index (χ0n) is 79.3. The van der Waals surface area contributed by atoms with Gasteiger partial charge in [-0.05, 0) is 10.8 Å². The Morgan fingerprint density at radius 1 is 0.129 bits per heavy atom. The molecular weight excluding hydrogens is 1980 g/mol. The molecule has 0 N–H and O–H groups in total. The minimum Gasteiger partial charge on any atom is -0.0544 e. The third kappa shape index (κ3) is 17.5. The van der Waals surface area contributed by atoms with E-state index in [1.54, 1.807) is 0 Å². The third-order valence-electron chi connectivity index (χ3n) is 27.7. The normalized spacial score (nSPS) is 11.4. The van der Waals surface area contributed by atoms with Crippen LogP contribution in [-0.2, 0) is 0 Å². The van der Waals surface area contributed by atoms with Gasteiger partial charge in [-0.1, -0.05) is 146 Å². The monoisotopic (exact) mass is 2070 g/mol. The number of hydrogen-bond acceptors (Lipinski definition) is 9. The van der Waals surface area contributed by atoms with Gasteiger partial charge in [0.25, 0.3) is 0 Å². The van der Waals surface area contributed by atoms with Crippen molar-refractivity contribution in [2.75, 3.05) is 0 Å². The molecule has 0 atom stereocenters. The average molecular weight is 2070 g/mol. The minimum atomic E-state index is 0.166. The Morgan fingerprint density at radius 3 is 0.939 bits per heavy atom. The Bertz CT molecular complexity index is 9750. The van der Waals surface area contributed by atoms with Crippen LogP contribution in [0.3, 0.4) is 0 Å². The van der Waals surface area contributed by atoms with Gasteiger partial charge < -0.3 is 0 Å². The molecule has 28 rings (SSSR count). The van der Waals surface area contributed by atoms with E-state index in [4.69, 9.17) is 44.9 Å². The van der Waals surface area contributed by atoms with Gasteiger partial charge in [-0.25, -0.2) is 0 Å². The van der Waals surface area contributed by atoms with Gasteiger partial charge in [0.2, 0.25) is 0 Å². The van der Waals surface area contributed by atoms with Crippen molar-refractivity contribution in [3.8, 4) is 169 Å². The Balaban J connectivity index is 0.000000112. The van der Waals surface area contributed by atoms with Crippen molar-refractivity contribution in [3.05, 3.63) is 510 Å². The summed E-state index contributed by atoms with van der Waals surface area (Å²) in [5.74, 6) is 5.94. The summed E-state index contributed by atoms with van der Waals surface area (Å²) in [7, 11) is 0. The maximum atomic E-state index is 5.19. The van der Waals surface area contributed by atoms with Crippen LogP contribution in [0.15, 0.2) is 510 Å². The molecule has 12 heteroatoms. The summed E-state index contributed by atoms with van der Waals surface area (Å²) in [4.78, 5) is 45.2. The van der Waals surface area contributed by atoms with Crippen molar-refractivity contribution >= 4 is 153 Å². The predicted octanol–water partition coefficient (Wildman–Crippen LogP) is 32.8. The van der Waals surface area contributed by atoms with Gasteiger partial charge in [-0.15, -0.1) is 0 Å². The van der Waals surface area contributed by atoms with Crippen LogP contribution < -0.4 is 4.46 Å². The number of rotatable bonds is 15. The van der Waals surface area contributed by atoms with Gasteiger partial charge >= 0.3 is 720 Å². The molecule has 0 saturated heterocycles. The zero-order chi connectivity index (χ0) is 97.6. The van der Waals surface area contributed by atoms with Crippen LogP contribution in [-0.4, -0.2) is 89.9 Å². The molecule has 0 unspecified atom stereocenters. The zero-order valence-corrected chi connectivity index (χ0v) is 84.6. The second-order valence-electron chi connectivity index (χ2n) is 36.7. The number of fused-ring (bicyclic) bond motifs is 13. The van der Waals surface area contributed by atoms with Crippen LogP contribution >= 0.6 is 0 Å². The Morgan fingerprint density at radius 2 is 0.429 bits per heavy atom. The van der Waals surface area contributed by atoms with Crippen molar-refractivity contribution in [1.29, 1.82) is 0 Å². The third-order valence-corrected chi connectivity index (χ3v) is 33.9. The van der Waals surface area contributed by atoms with Crippen LogP contribution in [0.5, 0.6) is 0 Å². The molecule has 9 nitrogen and oxygen atoms in total. The molecule has 0 bridgehead atoms. The molecule has 23 aromatic carbocycles. The van der Waals surface area contributed by atoms with E-state index in [2.05, 4.69) is 404 Å². The molecule has 5 heterocycles. The molecule has 0 aliphatic carbocycles. The van der Waals surface area contributed by atoms with E-state index in [1.165, 1.54) is 142 Å². The standard InChI is InChI=1S/C47H29N3Se.C45H27N3Se.C43H29N3Se/c1-4-14-30(15-5-1)35-22-12-23-38-39-24-13-25-40(44(39)51-43(35)38)42-28-33-26-27-34(29-41(33)36-20-10-11-21-37(36)42)47-49-45(31-16-6-2-7-17-31)48-46(50-47)32-18-8-3-9-19-32;1-3-12-30-26-32(22-20-28(30)10-1)43-46-44(33-23-21-29-11-2-4-13-31(29)27-33)48-45(47-43)40-25-24-36(34-14-5-6-15-35(34)40)38-17-9-18-39-37-16-7-8-19-41(37)49-42(38)39;47-40-38(34-19-10-18-33(26-34)29-12-4-1-5-13-29)20-11-21-39(40)35-24-22-30-23-25-36(28-37(30)27-35)43-45-41(31-14-6-2-7-15-31)44-42(46-43)32-16-8-3-9-17-32/h1-29H;1-27H;1-28,47H. The minimum absolute atomic E-state index is 0.166. The second-order valence-corrected chi connectivity index (χ2v) is 41.9. The number of hydrogen-bond donors (Lipinski definition) is 0. The molecule has 0 aliphatic rings. The number of nitrogens with zero attached hydrogens (tertiary/aromatic N) is 9. The Hall–Kier alpha value is -17.8. The quantitative estimate of drug-likeness (QED) is 0.0731. The van der Waals surface area contributed by atoms with Crippen LogP contribution in [0, 0.1) is 0 Å². The molecular formula is C135H85N9Se3. The molecule has 0 saturated carbocycles. The smallest absolute Gasteiger partial charge is 0.0544 e. The van der Waals surface area contributed by atoms with Gasteiger partial charge in [0, 0.05) is 0 Å². The van der Waals surface area contributed by atoms with Gasteiger partial charge in [-0.2, -0.15) is 0 Å². The average Bonchev–Trinajstić information content (AvgIpc) is 1.68. The molecule has 0 radical (unpaired) electrons. The van der Waals surface area contributed by atoms with Crippen molar-refractivity contribution in [3.63, 3.8) is 0 Å². The fourth-order valence-corrected chi connectivity index (χ4v) is 26.7. The fraction of sp³-hybridized carbons (Fsp3) is 0. The molecule has 0 spiro atoms. The van der Waals surface area contributed by atoms with E-state index >= 15 is 0 Å². The first-order chi connectivity index (χ1) is 72.7. The molecule has 0 aliphatic heterocycles. The van der Waals surface area contributed by atoms with E-state index in [1.807, 2.05) is 121 Å². The fourth-order valence-electron chi connectivity index (χ4n) is 20.4. The first kappa shape index (κ1) is 89.3. The summed E-state index contributed by atoms with van der Waals surface area (Å²) >= 11 is 3.23. The summed E-state index contributed by atoms with van der Waals surface area (Å²) in [5.41, 5.74) is 23.6. The van der Waals surface area contributed by atoms with Gasteiger partial charge in [0.15, 0.2) is 0 Å². The summed E-state index contributed by atoms with van der Waals surface area (Å²) in [6, 6.07) is 180. The van der Waals surface area contributed by atoms with Crippen molar-refractivity contribution in [2.24, 2.45) is 0 Å². The topological polar surface area (TPSA) is 116 Å². The summed E-state index contributed by atoms with van der Waals surface area (Å²) in [5, 5.41) is 19.6. The Labute approximate surface area is 869 Å². The summed E-state index contributed by atoms with van der Waals surface area (Å²) < 4.78 is 7.02. The van der Waals surface area contributed by atoms with E-state index in [-0.39, 0.29) is 29.0 Å². The predicted molar refractivity (Wildman–Crippen MR) is 617 cm³/mol. The molecule has 28 aromatic rings. The van der Waals surface area contributed by atoms with Crippen molar-refractivity contribution in [2.45, 2.75) is 0 Å². The summed E-state index contributed by atoms with van der Waals surface area (Å²) in [6.07, 6.45) is 0. The van der Waals surface area contributed by atoms with Crippen LogP contribution in [0.2, 0.25) is 0 Å². The van der Waals surface area contributed by atoms with Crippen LogP contribution in [0.25, 0.3) is 272 Å². The van der Waals surface area contributed by atoms with Crippen LogP contribution in [0.4, 0.5) is 0 Å². The molecule has 0 amide bonds. The van der Waals surface area contributed by atoms with E-state index in [0.29, 0.717) is 52.4 Å². The maximum absolute atomic E-state index is 5.19. The van der Waals surface area contributed by atoms with E-state index in [0.717, 1.165) is 82.6 Å². The molecule has 0 fully saturated rings. The first-order valence-electron chi connectivity index (χ1n) is 49.1. The number of benzene rings is 23. The van der Waals surface area contributed by atoms with Gasteiger partial charge in [0.1, 0.15) is 0 Å². The molecule has 147 heavy (non-hydrogen) atoms.